The van der Waals surface area contributed by atoms with Gasteiger partial charge >= 0.3 is 6.18 Å². The monoisotopic (exact) mass is 301 g/mol. The summed E-state index contributed by atoms with van der Waals surface area (Å²) in [5.74, 6) is -0.611. The standard InChI is InChI=1S/C17H10F3NO/c18-17(19,20)15-9-5-4-8-13(15)10-14(11-21)16(22)12-6-2-1-3-7-12/h1-10H. The second-order valence-corrected chi connectivity index (χ2v) is 4.45. The van der Waals surface area contributed by atoms with E-state index in [4.69, 9.17) is 5.26 Å². The van der Waals surface area contributed by atoms with Crippen LogP contribution >= 0.6 is 0 Å². The van der Waals surface area contributed by atoms with Crippen molar-refractivity contribution in [3.8, 4) is 6.07 Å². The number of benzene rings is 2. The molecular weight excluding hydrogens is 291 g/mol. The molecule has 0 saturated carbocycles. The highest BCUT2D eigenvalue weighted by Crippen LogP contribution is 2.33. The number of hydrogen-bond donors (Lipinski definition) is 0. The fraction of sp³-hybridized carbons (Fsp3) is 0.0588. The van der Waals surface area contributed by atoms with E-state index in [1.807, 2.05) is 0 Å². The number of carbonyl (C=O) groups is 1. The molecule has 0 radical (unpaired) electrons. The molecule has 0 saturated heterocycles. The molecule has 5 heteroatoms. The molecule has 22 heavy (non-hydrogen) atoms. The molecule has 0 aromatic heterocycles. The highest BCUT2D eigenvalue weighted by molar-refractivity contribution is 6.14. The van der Waals surface area contributed by atoms with Crippen LogP contribution in [0.2, 0.25) is 0 Å². The van der Waals surface area contributed by atoms with Crippen molar-refractivity contribution >= 4 is 11.9 Å². The van der Waals surface area contributed by atoms with Crippen LogP contribution in [-0.4, -0.2) is 5.78 Å². The number of rotatable bonds is 3. The molecule has 2 rings (SSSR count). The summed E-state index contributed by atoms with van der Waals surface area (Å²) in [5.41, 5.74) is -1.19. The maximum absolute atomic E-state index is 12.9. The van der Waals surface area contributed by atoms with Crippen LogP contribution in [0.3, 0.4) is 0 Å². The molecular formula is C17H10F3NO. The molecule has 0 N–H and O–H groups in total. The summed E-state index contributed by atoms with van der Waals surface area (Å²) in [7, 11) is 0. The first-order valence-electron chi connectivity index (χ1n) is 6.31. The number of nitrogens with zero attached hydrogens (tertiary/aromatic N) is 1. The topological polar surface area (TPSA) is 40.9 Å². The van der Waals surface area contributed by atoms with Gasteiger partial charge in [0.25, 0.3) is 0 Å². The largest absolute Gasteiger partial charge is 0.416 e. The summed E-state index contributed by atoms with van der Waals surface area (Å²) in [4.78, 5) is 12.2. The highest BCUT2D eigenvalue weighted by Gasteiger charge is 2.32. The lowest BCUT2D eigenvalue weighted by Crippen LogP contribution is -2.08. The van der Waals surface area contributed by atoms with Gasteiger partial charge in [0.1, 0.15) is 11.6 Å². The van der Waals surface area contributed by atoms with E-state index in [-0.39, 0.29) is 16.7 Å². The van der Waals surface area contributed by atoms with Crippen LogP contribution in [0, 0.1) is 11.3 Å². The zero-order chi connectivity index (χ0) is 16.2. The van der Waals surface area contributed by atoms with Gasteiger partial charge in [0.05, 0.1) is 5.56 Å². The lowest BCUT2D eigenvalue weighted by Gasteiger charge is -2.10. The summed E-state index contributed by atoms with van der Waals surface area (Å²) in [6, 6.07) is 14.4. The zero-order valence-electron chi connectivity index (χ0n) is 11.3. The van der Waals surface area contributed by atoms with E-state index >= 15 is 0 Å². The predicted molar refractivity (Wildman–Crippen MR) is 75.8 cm³/mol. The maximum Gasteiger partial charge on any atom is 0.416 e. The molecule has 0 heterocycles. The lowest BCUT2D eigenvalue weighted by atomic mass is 9.99. The van der Waals surface area contributed by atoms with Gasteiger partial charge in [-0.1, -0.05) is 48.5 Å². The van der Waals surface area contributed by atoms with Crippen LogP contribution in [-0.2, 0) is 6.18 Å². The maximum atomic E-state index is 12.9. The Labute approximate surface area is 125 Å². The first kappa shape index (κ1) is 15.5. The summed E-state index contributed by atoms with van der Waals surface area (Å²) < 4.78 is 38.8. The van der Waals surface area contributed by atoms with Crippen LogP contribution in [0.15, 0.2) is 60.2 Å². The van der Waals surface area contributed by atoms with E-state index in [9.17, 15) is 18.0 Å². The molecule has 0 fully saturated rings. The molecule has 2 aromatic rings. The molecule has 110 valence electrons. The molecule has 0 aliphatic rings. The second-order valence-electron chi connectivity index (χ2n) is 4.45. The first-order chi connectivity index (χ1) is 10.4. The SMILES string of the molecule is N#CC(=Cc1ccccc1C(F)(F)F)C(=O)c1ccccc1. The Morgan fingerprint density at radius 2 is 1.59 bits per heavy atom. The Bertz CT molecular complexity index is 755. The molecule has 0 aliphatic carbocycles. The fourth-order valence-electron chi connectivity index (χ4n) is 1.93. The molecule has 0 aliphatic heterocycles. The molecule has 0 amide bonds. The predicted octanol–water partition coefficient (Wildman–Crippen LogP) is 4.50. The Balaban J connectivity index is 2.48. The van der Waals surface area contributed by atoms with Gasteiger partial charge in [0.2, 0.25) is 5.78 Å². The molecule has 0 bridgehead atoms. The summed E-state index contributed by atoms with van der Waals surface area (Å²) in [5, 5.41) is 9.09. The van der Waals surface area contributed by atoms with Crippen molar-refractivity contribution < 1.29 is 18.0 Å². The third-order valence-corrected chi connectivity index (χ3v) is 2.97. The van der Waals surface area contributed by atoms with Gasteiger partial charge in [-0.3, -0.25) is 4.79 Å². The van der Waals surface area contributed by atoms with Crippen molar-refractivity contribution in [2.24, 2.45) is 0 Å². The molecule has 2 aromatic carbocycles. The molecule has 0 unspecified atom stereocenters. The van der Waals surface area contributed by atoms with Crippen molar-refractivity contribution in [1.82, 2.24) is 0 Å². The van der Waals surface area contributed by atoms with E-state index in [0.717, 1.165) is 12.1 Å². The quantitative estimate of drug-likeness (QED) is 0.476. The highest BCUT2D eigenvalue weighted by atomic mass is 19.4. The Hall–Kier alpha value is -2.87. The average Bonchev–Trinajstić information content (AvgIpc) is 2.52. The number of alkyl halides is 3. The number of carbonyl (C=O) groups excluding carboxylic acids is 1. The van der Waals surface area contributed by atoms with Gasteiger partial charge in [-0.05, 0) is 17.7 Å². The fourth-order valence-corrected chi connectivity index (χ4v) is 1.93. The number of halogens is 3. The van der Waals surface area contributed by atoms with Crippen LogP contribution in [0.25, 0.3) is 6.08 Å². The molecule has 0 atom stereocenters. The molecule has 0 spiro atoms. The van der Waals surface area contributed by atoms with Gasteiger partial charge in [-0.2, -0.15) is 18.4 Å². The van der Waals surface area contributed by atoms with Gasteiger partial charge in [0.15, 0.2) is 0 Å². The van der Waals surface area contributed by atoms with Gasteiger partial charge in [0, 0.05) is 5.56 Å². The number of allylic oxidation sites excluding steroid dienone is 1. The van der Waals surface area contributed by atoms with Gasteiger partial charge in [-0.25, -0.2) is 0 Å². The Morgan fingerprint density at radius 1 is 1.00 bits per heavy atom. The van der Waals surface area contributed by atoms with E-state index in [1.165, 1.54) is 30.3 Å². The first-order valence-corrected chi connectivity index (χ1v) is 6.31. The minimum Gasteiger partial charge on any atom is -0.288 e. The van der Waals surface area contributed by atoms with E-state index in [0.29, 0.717) is 0 Å². The summed E-state index contributed by atoms with van der Waals surface area (Å²) in [6.45, 7) is 0. The third kappa shape index (κ3) is 3.41. The number of ketones is 1. The van der Waals surface area contributed by atoms with Crippen LogP contribution < -0.4 is 0 Å². The van der Waals surface area contributed by atoms with Crippen molar-refractivity contribution in [3.05, 3.63) is 76.9 Å². The van der Waals surface area contributed by atoms with Gasteiger partial charge in [-0.15, -0.1) is 0 Å². The Kier molecular flexibility index (Phi) is 4.42. The summed E-state index contributed by atoms with van der Waals surface area (Å²) >= 11 is 0. The van der Waals surface area contributed by atoms with Crippen LogP contribution in [0.4, 0.5) is 13.2 Å². The second kappa shape index (κ2) is 6.27. The smallest absolute Gasteiger partial charge is 0.288 e. The number of Topliss-reactive ketones (excluding diaryl/α,β-unsaturated/α-hetero) is 1. The summed E-state index contributed by atoms with van der Waals surface area (Å²) in [6.07, 6.45) is -3.58. The van der Waals surface area contributed by atoms with Crippen molar-refractivity contribution in [1.29, 1.82) is 5.26 Å². The van der Waals surface area contributed by atoms with Crippen LogP contribution in [0.1, 0.15) is 21.5 Å². The number of hydrogen-bond acceptors (Lipinski definition) is 2. The van der Waals surface area contributed by atoms with E-state index in [1.54, 1.807) is 24.3 Å². The lowest BCUT2D eigenvalue weighted by molar-refractivity contribution is -0.137. The van der Waals surface area contributed by atoms with E-state index in [2.05, 4.69) is 0 Å². The minimum atomic E-state index is -4.55. The van der Waals surface area contributed by atoms with Crippen LogP contribution in [0.5, 0.6) is 0 Å². The normalized spacial score (nSPS) is 11.8. The van der Waals surface area contributed by atoms with Crippen molar-refractivity contribution in [2.45, 2.75) is 6.18 Å². The third-order valence-electron chi connectivity index (χ3n) is 2.97. The number of nitriles is 1. The van der Waals surface area contributed by atoms with Crippen molar-refractivity contribution in [2.75, 3.05) is 0 Å². The Morgan fingerprint density at radius 3 is 2.18 bits per heavy atom. The zero-order valence-corrected chi connectivity index (χ0v) is 11.3. The van der Waals surface area contributed by atoms with E-state index < -0.39 is 17.5 Å². The van der Waals surface area contributed by atoms with Crippen molar-refractivity contribution in [3.63, 3.8) is 0 Å². The van der Waals surface area contributed by atoms with Gasteiger partial charge < -0.3 is 0 Å². The average molecular weight is 301 g/mol. The molecule has 2 nitrogen and oxygen atoms in total. The minimum absolute atomic E-state index is 0.212.